The number of nitrogens with zero attached hydrogens (tertiary/aromatic N) is 2. The van der Waals surface area contributed by atoms with Crippen LogP contribution in [0.2, 0.25) is 5.02 Å². The van der Waals surface area contributed by atoms with E-state index in [1.165, 1.54) is 6.07 Å². The fourth-order valence-electron chi connectivity index (χ4n) is 2.43. The van der Waals surface area contributed by atoms with Gasteiger partial charge in [-0.15, -0.1) is 10.2 Å². The molecular formula is C17H16ClN3O3S2. The molecule has 0 aliphatic rings. The molecule has 0 saturated heterocycles. The molecule has 6 nitrogen and oxygen atoms in total. The van der Waals surface area contributed by atoms with Gasteiger partial charge < -0.3 is 4.74 Å². The maximum absolute atomic E-state index is 12.7. The summed E-state index contributed by atoms with van der Waals surface area (Å²) in [5.41, 5.74) is 2.21. The van der Waals surface area contributed by atoms with E-state index in [9.17, 15) is 8.42 Å². The highest BCUT2D eigenvalue weighted by atomic mass is 35.5. The Hall–Kier alpha value is -2.16. The van der Waals surface area contributed by atoms with Gasteiger partial charge in [-0.3, -0.25) is 4.72 Å². The van der Waals surface area contributed by atoms with Gasteiger partial charge in [0.2, 0.25) is 5.13 Å². The molecule has 3 aromatic rings. The molecule has 136 valence electrons. The first-order valence-corrected chi connectivity index (χ1v) is 10.3. The minimum absolute atomic E-state index is 0.180. The second kappa shape index (κ2) is 7.22. The maximum Gasteiger partial charge on any atom is 0.263 e. The third kappa shape index (κ3) is 3.67. The van der Waals surface area contributed by atoms with Crippen LogP contribution in [-0.4, -0.2) is 25.7 Å². The number of sulfonamides is 1. The van der Waals surface area contributed by atoms with Gasteiger partial charge in [0.15, 0.2) is 0 Å². The number of hydrogen-bond acceptors (Lipinski definition) is 6. The zero-order valence-corrected chi connectivity index (χ0v) is 16.7. The monoisotopic (exact) mass is 409 g/mol. The number of hydrogen-bond donors (Lipinski definition) is 1. The largest absolute Gasteiger partial charge is 0.496 e. The van der Waals surface area contributed by atoms with Gasteiger partial charge in [-0.2, -0.15) is 0 Å². The molecule has 0 aliphatic carbocycles. The van der Waals surface area contributed by atoms with E-state index in [2.05, 4.69) is 14.9 Å². The predicted molar refractivity (Wildman–Crippen MR) is 104 cm³/mol. The van der Waals surface area contributed by atoms with E-state index in [0.29, 0.717) is 21.3 Å². The molecule has 1 N–H and O–H groups in total. The number of rotatable bonds is 5. The van der Waals surface area contributed by atoms with Gasteiger partial charge in [-0.25, -0.2) is 8.42 Å². The first kappa shape index (κ1) is 18.6. The number of benzene rings is 2. The molecule has 3 rings (SSSR count). The minimum atomic E-state index is -3.79. The van der Waals surface area contributed by atoms with Crippen molar-refractivity contribution in [3.8, 4) is 16.3 Å². The minimum Gasteiger partial charge on any atom is -0.496 e. The number of anilines is 1. The lowest BCUT2D eigenvalue weighted by atomic mass is 10.1. The van der Waals surface area contributed by atoms with E-state index in [1.807, 2.05) is 6.92 Å². The Morgan fingerprint density at radius 3 is 2.38 bits per heavy atom. The summed E-state index contributed by atoms with van der Waals surface area (Å²) in [4.78, 5) is 0.180. The molecule has 0 unspecified atom stereocenters. The Bertz CT molecular complexity index is 1050. The zero-order valence-electron chi connectivity index (χ0n) is 14.3. The smallest absolute Gasteiger partial charge is 0.263 e. The molecule has 26 heavy (non-hydrogen) atoms. The average molecular weight is 410 g/mol. The second-order valence-corrected chi connectivity index (χ2v) is 8.61. The summed E-state index contributed by atoms with van der Waals surface area (Å²) in [6, 6.07) is 10.2. The number of aromatic nitrogens is 2. The van der Waals surface area contributed by atoms with Crippen molar-refractivity contribution in [2.75, 3.05) is 11.8 Å². The lowest BCUT2D eigenvalue weighted by Crippen LogP contribution is -2.14. The SMILES string of the molecule is COc1ccc(S(=O)(=O)Nc2nnc(-c3ccc(Cl)cc3)s2)c(C)c1C. The lowest BCUT2D eigenvalue weighted by Gasteiger charge is -2.13. The van der Waals surface area contributed by atoms with Crippen LogP contribution in [0.25, 0.3) is 10.6 Å². The van der Waals surface area contributed by atoms with Crippen molar-refractivity contribution >= 4 is 38.1 Å². The molecule has 0 amide bonds. The van der Waals surface area contributed by atoms with E-state index in [-0.39, 0.29) is 10.0 Å². The molecule has 9 heteroatoms. The van der Waals surface area contributed by atoms with Crippen LogP contribution in [-0.2, 0) is 10.0 Å². The summed E-state index contributed by atoms with van der Waals surface area (Å²) in [7, 11) is -2.24. The third-order valence-electron chi connectivity index (χ3n) is 3.94. The van der Waals surface area contributed by atoms with E-state index in [4.69, 9.17) is 16.3 Å². The highest BCUT2D eigenvalue weighted by molar-refractivity contribution is 7.93. The molecule has 1 aromatic heterocycles. The van der Waals surface area contributed by atoms with Crippen molar-refractivity contribution in [3.05, 3.63) is 52.5 Å². The Labute approximate surface area is 160 Å². The van der Waals surface area contributed by atoms with Gasteiger partial charge >= 0.3 is 0 Å². The van der Waals surface area contributed by atoms with Crippen molar-refractivity contribution in [1.82, 2.24) is 10.2 Å². The normalized spacial score (nSPS) is 11.4. The summed E-state index contributed by atoms with van der Waals surface area (Å²) >= 11 is 7.03. The predicted octanol–water partition coefficient (Wildman–Crippen LogP) is 4.28. The third-order valence-corrected chi connectivity index (χ3v) is 6.69. The van der Waals surface area contributed by atoms with Gasteiger partial charge in [0.05, 0.1) is 12.0 Å². The van der Waals surface area contributed by atoms with E-state index in [0.717, 1.165) is 22.5 Å². The summed E-state index contributed by atoms with van der Waals surface area (Å²) in [5.74, 6) is 0.641. The molecular weight excluding hydrogens is 394 g/mol. The first-order valence-electron chi connectivity index (χ1n) is 7.58. The summed E-state index contributed by atoms with van der Waals surface area (Å²) < 4.78 is 33.2. The van der Waals surface area contributed by atoms with E-state index in [1.54, 1.807) is 44.4 Å². The molecule has 0 spiro atoms. The van der Waals surface area contributed by atoms with Gasteiger partial charge in [0, 0.05) is 10.6 Å². The fraction of sp³-hybridized carbons (Fsp3) is 0.176. The van der Waals surface area contributed by atoms with Crippen LogP contribution in [0.5, 0.6) is 5.75 Å². The average Bonchev–Trinajstić information content (AvgIpc) is 3.05. The van der Waals surface area contributed by atoms with Crippen LogP contribution in [0, 0.1) is 13.8 Å². The van der Waals surface area contributed by atoms with Crippen LogP contribution < -0.4 is 9.46 Å². The van der Waals surface area contributed by atoms with Gasteiger partial charge in [-0.05, 0) is 49.2 Å². The molecule has 0 saturated carbocycles. The Balaban J connectivity index is 1.89. The number of methoxy groups -OCH3 is 1. The van der Waals surface area contributed by atoms with Gasteiger partial charge in [-0.1, -0.05) is 35.1 Å². The standard InChI is InChI=1S/C17H16ClN3O3S2/c1-10-11(2)15(9-8-14(10)24-3)26(22,23)21-17-20-19-16(25-17)12-4-6-13(18)7-5-12/h4-9H,1-3H3,(H,20,21). The summed E-state index contributed by atoms with van der Waals surface area (Å²) in [6.07, 6.45) is 0. The van der Waals surface area contributed by atoms with Gasteiger partial charge in [0.25, 0.3) is 10.0 Å². The maximum atomic E-state index is 12.7. The van der Waals surface area contributed by atoms with Crippen molar-refractivity contribution in [1.29, 1.82) is 0 Å². The van der Waals surface area contributed by atoms with Crippen LogP contribution in [0.1, 0.15) is 11.1 Å². The molecule has 2 aromatic carbocycles. The molecule has 0 radical (unpaired) electrons. The molecule has 0 bridgehead atoms. The fourth-order valence-corrected chi connectivity index (χ4v) is 4.83. The molecule has 0 atom stereocenters. The van der Waals surface area contributed by atoms with Crippen LogP contribution in [0.4, 0.5) is 5.13 Å². The van der Waals surface area contributed by atoms with Crippen LogP contribution >= 0.6 is 22.9 Å². The molecule has 0 aliphatic heterocycles. The highest BCUT2D eigenvalue weighted by Gasteiger charge is 2.21. The quantitative estimate of drug-likeness (QED) is 0.679. The van der Waals surface area contributed by atoms with Crippen molar-refractivity contribution in [3.63, 3.8) is 0 Å². The topological polar surface area (TPSA) is 81.2 Å². The highest BCUT2D eigenvalue weighted by Crippen LogP contribution is 2.31. The summed E-state index contributed by atoms with van der Waals surface area (Å²) in [6.45, 7) is 3.56. The zero-order chi connectivity index (χ0) is 18.9. The van der Waals surface area contributed by atoms with Crippen LogP contribution in [0.3, 0.4) is 0 Å². The van der Waals surface area contributed by atoms with Crippen molar-refractivity contribution in [2.45, 2.75) is 18.7 Å². The Morgan fingerprint density at radius 1 is 1.04 bits per heavy atom. The molecule has 1 heterocycles. The van der Waals surface area contributed by atoms with Crippen molar-refractivity contribution in [2.24, 2.45) is 0 Å². The van der Waals surface area contributed by atoms with Gasteiger partial charge in [0.1, 0.15) is 10.8 Å². The number of ether oxygens (including phenoxy) is 1. The number of nitrogens with one attached hydrogen (secondary N) is 1. The lowest BCUT2D eigenvalue weighted by molar-refractivity contribution is 0.411. The van der Waals surface area contributed by atoms with E-state index >= 15 is 0 Å². The number of halogens is 1. The van der Waals surface area contributed by atoms with Crippen molar-refractivity contribution < 1.29 is 13.2 Å². The Kier molecular flexibility index (Phi) is 5.17. The molecule has 0 fully saturated rings. The van der Waals surface area contributed by atoms with E-state index < -0.39 is 10.0 Å². The second-order valence-electron chi connectivity index (χ2n) is 5.54. The van der Waals surface area contributed by atoms with Crippen LogP contribution in [0.15, 0.2) is 41.3 Å². The summed E-state index contributed by atoms with van der Waals surface area (Å²) in [5, 5.41) is 9.38. The Morgan fingerprint density at radius 2 is 1.73 bits per heavy atom. The first-order chi connectivity index (χ1) is 12.3.